The van der Waals surface area contributed by atoms with Crippen LogP contribution in [0.4, 0.5) is 0 Å². The number of hydrogen-bond donors (Lipinski definition) is 2. The number of aliphatic hydroxyl groups excluding tert-OH is 1. The zero-order valence-corrected chi connectivity index (χ0v) is 8.96. The van der Waals surface area contributed by atoms with Gasteiger partial charge in [0.05, 0.1) is 0 Å². The van der Waals surface area contributed by atoms with Crippen molar-refractivity contribution in [1.29, 1.82) is 0 Å². The number of nitrogens with zero attached hydrogens (tertiary/aromatic N) is 1. The summed E-state index contributed by atoms with van der Waals surface area (Å²) in [6, 6.07) is 0. The van der Waals surface area contributed by atoms with E-state index in [-0.39, 0.29) is 6.10 Å². The predicted octanol–water partition coefficient (Wildman–Crippen LogP) is 1.57. The average Bonchev–Trinajstić information content (AvgIpc) is 2.72. The molecular weight excluding hydrogens is 196 g/mol. The number of thiazole rings is 1. The fourth-order valence-corrected chi connectivity index (χ4v) is 2.57. The van der Waals surface area contributed by atoms with Crippen LogP contribution in [-0.4, -0.2) is 23.2 Å². The summed E-state index contributed by atoms with van der Waals surface area (Å²) < 4.78 is 0. The molecule has 1 aliphatic heterocycles. The number of rotatable bonds is 3. The molecule has 0 radical (unpaired) electrons. The minimum atomic E-state index is -0.349. The maximum atomic E-state index is 9.89. The van der Waals surface area contributed by atoms with Crippen LogP contribution in [-0.2, 0) is 0 Å². The third-order valence-corrected chi connectivity index (χ3v) is 3.63. The summed E-state index contributed by atoms with van der Waals surface area (Å²) in [4.78, 5) is 4.13. The molecule has 1 aromatic rings. The first-order chi connectivity index (χ1) is 6.86. The van der Waals surface area contributed by atoms with Crippen LogP contribution in [0.25, 0.3) is 0 Å². The lowest BCUT2D eigenvalue weighted by Crippen LogP contribution is -2.28. The van der Waals surface area contributed by atoms with Crippen molar-refractivity contribution in [3.63, 3.8) is 0 Å². The third kappa shape index (κ3) is 2.53. The van der Waals surface area contributed by atoms with E-state index in [4.69, 9.17) is 0 Å². The van der Waals surface area contributed by atoms with Gasteiger partial charge in [0.15, 0.2) is 0 Å². The number of nitrogens with one attached hydrogen (secondary N) is 1. The molecule has 0 aromatic carbocycles. The van der Waals surface area contributed by atoms with Gasteiger partial charge >= 0.3 is 0 Å². The van der Waals surface area contributed by atoms with Gasteiger partial charge in [0.2, 0.25) is 0 Å². The summed E-state index contributed by atoms with van der Waals surface area (Å²) in [5, 5.41) is 16.0. The van der Waals surface area contributed by atoms with Gasteiger partial charge in [-0.3, -0.25) is 0 Å². The Kier molecular flexibility index (Phi) is 3.50. The molecular formula is C10H16N2OS. The van der Waals surface area contributed by atoms with Crippen molar-refractivity contribution >= 4 is 11.3 Å². The summed E-state index contributed by atoms with van der Waals surface area (Å²) in [7, 11) is 0. The molecule has 1 saturated heterocycles. The van der Waals surface area contributed by atoms with E-state index in [9.17, 15) is 5.11 Å². The quantitative estimate of drug-likeness (QED) is 0.799. The highest BCUT2D eigenvalue weighted by Gasteiger charge is 2.19. The van der Waals surface area contributed by atoms with E-state index >= 15 is 0 Å². The van der Waals surface area contributed by atoms with Gasteiger partial charge < -0.3 is 10.4 Å². The predicted molar refractivity (Wildman–Crippen MR) is 57.3 cm³/mol. The number of piperidine rings is 1. The van der Waals surface area contributed by atoms with Gasteiger partial charge in [-0.1, -0.05) is 0 Å². The second kappa shape index (κ2) is 4.87. The lowest BCUT2D eigenvalue weighted by Gasteiger charge is -2.23. The Balaban J connectivity index is 1.84. The SMILES string of the molecule is OC(CC1CCNCC1)c1nccs1. The van der Waals surface area contributed by atoms with E-state index < -0.39 is 0 Å². The van der Waals surface area contributed by atoms with E-state index in [1.807, 2.05) is 5.38 Å². The monoisotopic (exact) mass is 212 g/mol. The molecule has 0 amide bonds. The van der Waals surface area contributed by atoms with Gasteiger partial charge in [-0.2, -0.15) is 0 Å². The Morgan fingerprint density at radius 3 is 3.00 bits per heavy atom. The molecule has 0 saturated carbocycles. The van der Waals surface area contributed by atoms with E-state index in [0.717, 1.165) is 24.5 Å². The fourth-order valence-electron chi connectivity index (χ4n) is 1.93. The topological polar surface area (TPSA) is 45.1 Å². The Morgan fingerprint density at radius 1 is 1.57 bits per heavy atom. The zero-order valence-electron chi connectivity index (χ0n) is 8.15. The van der Waals surface area contributed by atoms with Crippen LogP contribution in [0.15, 0.2) is 11.6 Å². The molecule has 2 heterocycles. The van der Waals surface area contributed by atoms with Crippen LogP contribution in [0.5, 0.6) is 0 Å². The molecule has 0 bridgehead atoms. The summed E-state index contributed by atoms with van der Waals surface area (Å²) in [6.07, 6.45) is 4.64. The van der Waals surface area contributed by atoms with E-state index in [1.165, 1.54) is 12.8 Å². The molecule has 4 heteroatoms. The second-order valence-corrected chi connectivity index (χ2v) is 4.74. The molecule has 1 unspecified atom stereocenters. The van der Waals surface area contributed by atoms with Gasteiger partial charge in [0.25, 0.3) is 0 Å². The maximum Gasteiger partial charge on any atom is 0.121 e. The van der Waals surface area contributed by atoms with Gasteiger partial charge in [0.1, 0.15) is 11.1 Å². The van der Waals surface area contributed by atoms with Crippen LogP contribution < -0.4 is 5.32 Å². The van der Waals surface area contributed by atoms with Crippen molar-refractivity contribution in [1.82, 2.24) is 10.3 Å². The summed E-state index contributed by atoms with van der Waals surface area (Å²) in [6.45, 7) is 2.19. The first-order valence-electron chi connectivity index (χ1n) is 5.14. The highest BCUT2D eigenvalue weighted by atomic mass is 32.1. The Labute approximate surface area is 88.2 Å². The molecule has 2 rings (SSSR count). The summed E-state index contributed by atoms with van der Waals surface area (Å²) in [5.41, 5.74) is 0. The first kappa shape index (κ1) is 10.1. The van der Waals surface area contributed by atoms with Crippen molar-refractivity contribution in [3.8, 4) is 0 Å². The lowest BCUT2D eigenvalue weighted by atomic mass is 9.92. The fraction of sp³-hybridized carbons (Fsp3) is 0.700. The third-order valence-electron chi connectivity index (χ3n) is 2.75. The van der Waals surface area contributed by atoms with Crippen LogP contribution in [0, 0.1) is 5.92 Å². The number of hydrogen-bond acceptors (Lipinski definition) is 4. The van der Waals surface area contributed by atoms with Gasteiger partial charge in [0, 0.05) is 11.6 Å². The van der Waals surface area contributed by atoms with Gasteiger partial charge in [-0.05, 0) is 38.3 Å². The first-order valence-corrected chi connectivity index (χ1v) is 6.02. The van der Waals surface area contributed by atoms with Gasteiger partial charge in [-0.25, -0.2) is 4.98 Å². The standard InChI is InChI=1S/C10H16N2OS/c13-9(10-12-5-6-14-10)7-8-1-3-11-4-2-8/h5-6,8-9,11,13H,1-4,7H2. The van der Waals surface area contributed by atoms with E-state index in [2.05, 4.69) is 10.3 Å². The molecule has 0 spiro atoms. The zero-order chi connectivity index (χ0) is 9.80. The molecule has 1 aromatic heterocycles. The molecule has 2 N–H and O–H groups in total. The van der Waals surface area contributed by atoms with Gasteiger partial charge in [-0.15, -0.1) is 11.3 Å². The molecule has 1 fully saturated rings. The molecule has 3 nitrogen and oxygen atoms in total. The van der Waals surface area contributed by atoms with Crippen molar-refractivity contribution in [2.24, 2.45) is 5.92 Å². The normalized spacial score (nSPS) is 20.9. The Bertz CT molecular complexity index is 257. The smallest absolute Gasteiger partial charge is 0.121 e. The molecule has 14 heavy (non-hydrogen) atoms. The lowest BCUT2D eigenvalue weighted by molar-refractivity contribution is 0.133. The van der Waals surface area contributed by atoms with Crippen LogP contribution in [0.2, 0.25) is 0 Å². The number of aromatic nitrogens is 1. The Hall–Kier alpha value is -0.450. The molecule has 0 aliphatic carbocycles. The highest BCUT2D eigenvalue weighted by Crippen LogP contribution is 2.27. The maximum absolute atomic E-state index is 9.89. The van der Waals surface area contributed by atoms with Crippen LogP contribution in [0.1, 0.15) is 30.4 Å². The molecule has 78 valence electrons. The number of aliphatic hydroxyl groups is 1. The minimum absolute atomic E-state index is 0.349. The van der Waals surface area contributed by atoms with Crippen LogP contribution in [0.3, 0.4) is 0 Å². The Morgan fingerprint density at radius 2 is 2.36 bits per heavy atom. The van der Waals surface area contributed by atoms with Crippen molar-refractivity contribution in [2.75, 3.05) is 13.1 Å². The second-order valence-electron chi connectivity index (χ2n) is 3.82. The summed E-state index contributed by atoms with van der Waals surface area (Å²) >= 11 is 1.54. The average molecular weight is 212 g/mol. The van der Waals surface area contributed by atoms with E-state index in [1.54, 1.807) is 17.5 Å². The minimum Gasteiger partial charge on any atom is -0.386 e. The largest absolute Gasteiger partial charge is 0.386 e. The van der Waals surface area contributed by atoms with Crippen molar-refractivity contribution < 1.29 is 5.11 Å². The molecule has 1 atom stereocenters. The highest BCUT2D eigenvalue weighted by molar-refractivity contribution is 7.09. The van der Waals surface area contributed by atoms with Crippen LogP contribution >= 0.6 is 11.3 Å². The van der Waals surface area contributed by atoms with Crippen molar-refractivity contribution in [2.45, 2.75) is 25.4 Å². The molecule has 1 aliphatic rings. The summed E-state index contributed by atoms with van der Waals surface area (Å²) in [5.74, 6) is 0.662. The van der Waals surface area contributed by atoms with E-state index in [0.29, 0.717) is 5.92 Å². The van der Waals surface area contributed by atoms with Crippen molar-refractivity contribution in [3.05, 3.63) is 16.6 Å².